The topological polar surface area (TPSA) is 9.23 Å². The maximum absolute atomic E-state index is 5.24. The molecule has 0 aliphatic heterocycles. The van der Waals surface area contributed by atoms with Crippen LogP contribution in [0.4, 0.5) is 0 Å². The molecule has 0 spiro atoms. The van der Waals surface area contributed by atoms with Crippen molar-refractivity contribution in [2.75, 3.05) is 7.11 Å². The van der Waals surface area contributed by atoms with Crippen LogP contribution in [0, 0.1) is 15.9 Å². The van der Waals surface area contributed by atoms with Crippen molar-refractivity contribution in [3.63, 3.8) is 0 Å². The highest BCUT2D eigenvalue weighted by Crippen LogP contribution is 2.25. The first-order valence-electron chi connectivity index (χ1n) is 4.54. The molecule has 14 heavy (non-hydrogen) atoms. The van der Waals surface area contributed by atoms with E-state index in [1.807, 2.05) is 12.1 Å². The molecule has 0 fully saturated rings. The lowest BCUT2D eigenvalue weighted by atomic mass is 10.1. The Labute approximate surface area is 99.0 Å². The summed E-state index contributed by atoms with van der Waals surface area (Å²) in [5, 5.41) is 0. The van der Waals surface area contributed by atoms with Gasteiger partial charge in [-0.15, -0.1) is 12.3 Å². The summed E-state index contributed by atoms with van der Waals surface area (Å²) in [6.07, 6.45) is 8.12. The Morgan fingerprint density at radius 2 is 2.29 bits per heavy atom. The van der Waals surface area contributed by atoms with Gasteiger partial charge in [0.25, 0.3) is 0 Å². The van der Waals surface area contributed by atoms with E-state index in [0.717, 1.165) is 25.0 Å². The molecule has 0 saturated carbocycles. The van der Waals surface area contributed by atoms with Crippen molar-refractivity contribution in [1.82, 2.24) is 0 Å². The second kappa shape index (κ2) is 5.92. The number of aryl methyl sites for hydroxylation is 1. The largest absolute Gasteiger partial charge is 0.496 e. The van der Waals surface area contributed by atoms with Crippen LogP contribution in [0.2, 0.25) is 0 Å². The number of methoxy groups -OCH3 is 1. The molecule has 0 aliphatic carbocycles. The molecule has 0 amide bonds. The van der Waals surface area contributed by atoms with E-state index in [2.05, 4.69) is 34.6 Å². The van der Waals surface area contributed by atoms with Gasteiger partial charge in [0.15, 0.2) is 0 Å². The first kappa shape index (κ1) is 11.4. The van der Waals surface area contributed by atoms with E-state index in [4.69, 9.17) is 11.2 Å². The number of halogens is 1. The first-order chi connectivity index (χ1) is 6.79. The third-order valence-corrected chi connectivity index (χ3v) is 3.25. The van der Waals surface area contributed by atoms with Crippen LogP contribution in [-0.2, 0) is 6.42 Å². The molecule has 2 heteroatoms. The Morgan fingerprint density at radius 3 is 2.93 bits per heavy atom. The first-order valence-corrected chi connectivity index (χ1v) is 5.62. The molecular formula is C12H13IO. The van der Waals surface area contributed by atoms with Gasteiger partial charge in [-0.3, -0.25) is 0 Å². The molecule has 1 nitrogen and oxygen atoms in total. The Morgan fingerprint density at radius 1 is 1.50 bits per heavy atom. The fraction of sp³-hybridized carbons (Fsp3) is 0.333. The monoisotopic (exact) mass is 300 g/mol. The summed E-state index contributed by atoms with van der Waals surface area (Å²) in [5.74, 6) is 3.60. The van der Waals surface area contributed by atoms with Crippen molar-refractivity contribution in [3.8, 4) is 18.1 Å². The van der Waals surface area contributed by atoms with Crippen LogP contribution in [0.5, 0.6) is 5.75 Å². The van der Waals surface area contributed by atoms with Gasteiger partial charge in [0.2, 0.25) is 0 Å². The van der Waals surface area contributed by atoms with Gasteiger partial charge in [0.05, 0.1) is 10.7 Å². The number of hydrogen-bond donors (Lipinski definition) is 0. The van der Waals surface area contributed by atoms with Crippen molar-refractivity contribution >= 4 is 22.6 Å². The van der Waals surface area contributed by atoms with Gasteiger partial charge in [-0.1, -0.05) is 12.1 Å². The summed E-state index contributed by atoms with van der Waals surface area (Å²) in [6, 6.07) is 6.12. The Hall–Kier alpha value is -0.690. The van der Waals surface area contributed by atoms with Crippen LogP contribution < -0.4 is 4.74 Å². The fourth-order valence-electron chi connectivity index (χ4n) is 1.29. The van der Waals surface area contributed by atoms with E-state index in [9.17, 15) is 0 Å². The average Bonchev–Trinajstić information content (AvgIpc) is 2.21. The Bertz CT molecular complexity index is 339. The third-order valence-electron chi connectivity index (χ3n) is 2.03. The molecule has 74 valence electrons. The summed E-state index contributed by atoms with van der Waals surface area (Å²) in [7, 11) is 1.70. The van der Waals surface area contributed by atoms with Gasteiger partial charge >= 0.3 is 0 Å². The smallest absolute Gasteiger partial charge is 0.132 e. The van der Waals surface area contributed by atoms with Crippen LogP contribution in [0.3, 0.4) is 0 Å². The van der Waals surface area contributed by atoms with Gasteiger partial charge in [0.1, 0.15) is 5.75 Å². The predicted molar refractivity (Wildman–Crippen MR) is 67.5 cm³/mol. The molecule has 0 radical (unpaired) electrons. The number of unbranched alkanes of at least 4 members (excludes halogenated alkanes) is 1. The number of hydrogen-bond acceptors (Lipinski definition) is 1. The predicted octanol–water partition coefficient (Wildman–Crippen LogP) is 3.26. The maximum atomic E-state index is 5.24. The van der Waals surface area contributed by atoms with Crippen LogP contribution in [-0.4, -0.2) is 7.11 Å². The van der Waals surface area contributed by atoms with E-state index in [1.54, 1.807) is 7.11 Å². The van der Waals surface area contributed by atoms with Crippen molar-refractivity contribution in [2.24, 2.45) is 0 Å². The highest BCUT2D eigenvalue weighted by Gasteiger charge is 2.04. The molecule has 1 aromatic rings. The minimum atomic E-state index is 0.841. The molecule has 1 aromatic carbocycles. The molecule has 0 N–H and O–H groups in total. The third kappa shape index (κ3) is 2.91. The van der Waals surface area contributed by atoms with Crippen molar-refractivity contribution < 1.29 is 4.74 Å². The molecule has 0 unspecified atom stereocenters. The van der Waals surface area contributed by atoms with E-state index in [-0.39, 0.29) is 0 Å². The summed E-state index contributed by atoms with van der Waals surface area (Å²) in [5.41, 5.74) is 1.32. The van der Waals surface area contributed by atoms with Crippen LogP contribution in [0.25, 0.3) is 0 Å². The highest BCUT2D eigenvalue weighted by atomic mass is 127. The molecule has 1 rings (SSSR count). The summed E-state index contributed by atoms with van der Waals surface area (Å²) in [6.45, 7) is 0. The second-order valence-electron chi connectivity index (χ2n) is 2.99. The Kier molecular flexibility index (Phi) is 4.81. The number of rotatable bonds is 4. The molecule has 0 bridgehead atoms. The lowest BCUT2D eigenvalue weighted by Crippen LogP contribution is -1.93. The van der Waals surface area contributed by atoms with E-state index in [0.29, 0.717) is 0 Å². The quantitative estimate of drug-likeness (QED) is 0.471. The number of ether oxygens (including phenoxy) is 1. The van der Waals surface area contributed by atoms with Crippen LogP contribution >= 0.6 is 22.6 Å². The van der Waals surface area contributed by atoms with E-state index in [1.165, 1.54) is 9.13 Å². The second-order valence-corrected chi connectivity index (χ2v) is 4.07. The molecule has 0 saturated heterocycles. The average molecular weight is 300 g/mol. The zero-order valence-corrected chi connectivity index (χ0v) is 10.4. The Balaban J connectivity index is 2.72. The van der Waals surface area contributed by atoms with Crippen molar-refractivity contribution in [3.05, 3.63) is 27.3 Å². The highest BCUT2D eigenvalue weighted by molar-refractivity contribution is 14.1. The molecule has 0 heterocycles. The minimum absolute atomic E-state index is 0.841. The standard InChI is InChI=1S/C12H13IO/c1-3-4-5-7-10-8-6-9-11(14-2)12(10)13/h1,6,8-9H,4-5,7H2,2H3. The van der Waals surface area contributed by atoms with Gasteiger partial charge in [-0.2, -0.15) is 0 Å². The van der Waals surface area contributed by atoms with Crippen molar-refractivity contribution in [1.29, 1.82) is 0 Å². The van der Waals surface area contributed by atoms with E-state index >= 15 is 0 Å². The van der Waals surface area contributed by atoms with Gasteiger partial charge in [0, 0.05) is 6.42 Å². The van der Waals surface area contributed by atoms with Crippen LogP contribution in [0.1, 0.15) is 18.4 Å². The van der Waals surface area contributed by atoms with Gasteiger partial charge in [-0.05, 0) is 47.1 Å². The number of terminal acetylenes is 1. The summed E-state index contributed by atoms with van der Waals surface area (Å²) < 4.78 is 6.44. The van der Waals surface area contributed by atoms with Gasteiger partial charge < -0.3 is 4.74 Å². The number of benzene rings is 1. The normalized spacial score (nSPS) is 9.50. The lowest BCUT2D eigenvalue weighted by Gasteiger charge is -2.07. The summed E-state index contributed by atoms with van der Waals surface area (Å²) in [4.78, 5) is 0. The SMILES string of the molecule is C#CCCCc1cccc(OC)c1I. The van der Waals surface area contributed by atoms with Crippen LogP contribution in [0.15, 0.2) is 18.2 Å². The van der Waals surface area contributed by atoms with Gasteiger partial charge in [-0.25, -0.2) is 0 Å². The molecule has 0 atom stereocenters. The molecule has 0 aromatic heterocycles. The minimum Gasteiger partial charge on any atom is -0.496 e. The zero-order chi connectivity index (χ0) is 10.4. The maximum Gasteiger partial charge on any atom is 0.132 e. The van der Waals surface area contributed by atoms with Crippen molar-refractivity contribution in [2.45, 2.75) is 19.3 Å². The lowest BCUT2D eigenvalue weighted by molar-refractivity contribution is 0.411. The summed E-state index contributed by atoms with van der Waals surface area (Å²) >= 11 is 2.32. The zero-order valence-electron chi connectivity index (χ0n) is 8.22. The van der Waals surface area contributed by atoms with E-state index < -0.39 is 0 Å². The molecule has 0 aliphatic rings. The molecular weight excluding hydrogens is 287 g/mol. The fourth-order valence-corrected chi connectivity index (χ4v) is 2.14.